The zero-order valence-electron chi connectivity index (χ0n) is 25.0. The van der Waals surface area contributed by atoms with E-state index in [1.807, 2.05) is 30.5 Å². The summed E-state index contributed by atoms with van der Waals surface area (Å²) in [7, 11) is 0. The summed E-state index contributed by atoms with van der Waals surface area (Å²) in [5.74, 6) is 0.878. The van der Waals surface area contributed by atoms with Gasteiger partial charge in [-0.1, -0.05) is 146 Å². The molecule has 6 aromatic rings. The molecular formula is C40H32IN5. The molecule has 6 heteroatoms. The molecule has 2 atom stereocenters. The lowest BCUT2D eigenvalue weighted by Crippen LogP contribution is -2.44. The number of nitrogens with zero attached hydrogens (tertiary/aromatic N) is 1. The van der Waals surface area contributed by atoms with Crippen LogP contribution in [0.25, 0.3) is 38.6 Å². The Morgan fingerprint density at radius 2 is 1.20 bits per heavy atom. The van der Waals surface area contributed by atoms with Crippen molar-refractivity contribution in [1.82, 2.24) is 14.2 Å². The van der Waals surface area contributed by atoms with Crippen LogP contribution in [0, 0.1) is 5.41 Å². The van der Waals surface area contributed by atoms with Crippen molar-refractivity contribution >= 4 is 51.3 Å². The second kappa shape index (κ2) is 13.5. The van der Waals surface area contributed by atoms with Crippen molar-refractivity contribution in [3.05, 3.63) is 174 Å². The van der Waals surface area contributed by atoms with E-state index in [9.17, 15) is 0 Å². The summed E-state index contributed by atoms with van der Waals surface area (Å²) in [6, 6.07) is 51.0. The van der Waals surface area contributed by atoms with Crippen molar-refractivity contribution in [3.8, 4) is 22.3 Å². The molecule has 0 aliphatic carbocycles. The van der Waals surface area contributed by atoms with E-state index in [0.29, 0.717) is 0 Å². The molecule has 46 heavy (non-hydrogen) atoms. The summed E-state index contributed by atoms with van der Waals surface area (Å²) >= 11 is 2.06. The monoisotopic (exact) mass is 709 g/mol. The van der Waals surface area contributed by atoms with Gasteiger partial charge in [0.1, 0.15) is 18.2 Å². The molecule has 0 aromatic heterocycles. The number of aliphatic imine (C=N–C) groups is 1. The maximum Gasteiger partial charge on any atom is 0.131 e. The molecule has 0 spiro atoms. The van der Waals surface area contributed by atoms with Crippen LogP contribution in [0.1, 0.15) is 34.6 Å². The van der Waals surface area contributed by atoms with Crippen LogP contribution in [0.4, 0.5) is 0 Å². The van der Waals surface area contributed by atoms with E-state index in [-0.39, 0.29) is 12.3 Å². The van der Waals surface area contributed by atoms with Crippen LogP contribution in [-0.4, -0.2) is 12.1 Å². The summed E-state index contributed by atoms with van der Waals surface area (Å²) in [6.07, 6.45) is 2.93. The molecule has 0 saturated heterocycles. The number of amidine groups is 1. The first-order valence-electron chi connectivity index (χ1n) is 15.2. The average Bonchev–Trinajstić information content (AvgIpc) is 3.14. The highest BCUT2D eigenvalue weighted by Gasteiger charge is 2.25. The van der Waals surface area contributed by atoms with E-state index in [1.165, 1.54) is 28.1 Å². The van der Waals surface area contributed by atoms with Gasteiger partial charge in [-0.2, -0.15) is 0 Å². The van der Waals surface area contributed by atoms with Gasteiger partial charge in [-0.25, -0.2) is 4.99 Å². The Morgan fingerprint density at radius 3 is 1.78 bits per heavy atom. The molecule has 1 heterocycles. The molecule has 2 unspecified atom stereocenters. The Hall–Kier alpha value is -5.05. The molecule has 224 valence electrons. The summed E-state index contributed by atoms with van der Waals surface area (Å²) in [6.45, 7) is 0. The summed E-state index contributed by atoms with van der Waals surface area (Å²) < 4.78 is 2.99. The van der Waals surface area contributed by atoms with Gasteiger partial charge in [0, 0.05) is 23.6 Å². The zero-order chi connectivity index (χ0) is 31.3. The normalized spacial score (nSPS) is 16.4. The van der Waals surface area contributed by atoms with E-state index >= 15 is 0 Å². The van der Waals surface area contributed by atoms with Gasteiger partial charge in [0.2, 0.25) is 0 Å². The van der Waals surface area contributed by atoms with Gasteiger partial charge in [0.25, 0.3) is 0 Å². The number of nitrogens with one attached hydrogen (secondary N) is 4. The molecule has 0 radical (unpaired) electrons. The largest absolute Gasteiger partial charge is 0.350 e. The predicted octanol–water partition coefficient (Wildman–Crippen LogP) is 9.44. The molecule has 0 bridgehead atoms. The van der Waals surface area contributed by atoms with Gasteiger partial charge in [0.15, 0.2) is 0 Å². The van der Waals surface area contributed by atoms with Crippen LogP contribution >= 0.6 is 22.9 Å². The number of allylic oxidation sites excluding steroid dienone is 1. The lowest BCUT2D eigenvalue weighted by molar-refractivity contribution is 0.409. The molecule has 1 aliphatic heterocycles. The molecule has 6 aromatic carbocycles. The fraction of sp³-hybridized carbons (Fsp3) is 0.0500. The molecular weight excluding hydrogens is 677 g/mol. The fourth-order valence-electron chi connectivity index (χ4n) is 6.05. The summed E-state index contributed by atoms with van der Waals surface area (Å²) in [5, 5.41) is 17.5. The van der Waals surface area contributed by atoms with Crippen molar-refractivity contribution < 1.29 is 0 Å². The second-order valence-electron chi connectivity index (χ2n) is 11.2. The third kappa shape index (κ3) is 6.09. The topological polar surface area (TPSA) is 72.3 Å². The molecule has 4 N–H and O–H groups in total. The molecule has 1 aliphatic rings. The lowest BCUT2D eigenvalue weighted by atomic mass is 9.91. The Morgan fingerprint density at radius 1 is 0.630 bits per heavy atom. The highest BCUT2D eigenvalue weighted by molar-refractivity contribution is 14.1. The van der Waals surface area contributed by atoms with Crippen LogP contribution in [0.5, 0.6) is 0 Å². The molecule has 0 saturated carbocycles. The Labute approximate surface area is 283 Å². The zero-order valence-corrected chi connectivity index (χ0v) is 27.1. The van der Waals surface area contributed by atoms with Gasteiger partial charge >= 0.3 is 0 Å². The van der Waals surface area contributed by atoms with E-state index in [1.54, 1.807) is 0 Å². The third-order valence-electron chi connectivity index (χ3n) is 8.40. The van der Waals surface area contributed by atoms with Gasteiger partial charge < -0.3 is 14.3 Å². The SMILES string of the molecule is N=C/C(=C\NI)c1ccc(-c2ccc(-c3ccc(C4N=C(c5ccccc5)NC(c5ccccc5)N4)cc3)c3ccccc23)cc1. The van der Waals surface area contributed by atoms with Gasteiger partial charge in [0.05, 0.1) is 22.9 Å². The molecule has 5 nitrogen and oxygen atoms in total. The van der Waals surface area contributed by atoms with Crippen molar-refractivity contribution in [3.63, 3.8) is 0 Å². The molecule has 0 amide bonds. The first-order chi connectivity index (χ1) is 22.7. The Bertz CT molecular complexity index is 2040. The Balaban J connectivity index is 1.21. The number of halogens is 1. The number of hydrogen-bond acceptors (Lipinski definition) is 5. The highest BCUT2D eigenvalue weighted by atomic mass is 127. The van der Waals surface area contributed by atoms with E-state index in [2.05, 4.69) is 158 Å². The smallest absolute Gasteiger partial charge is 0.131 e. The van der Waals surface area contributed by atoms with E-state index in [4.69, 9.17) is 10.4 Å². The molecule has 0 fully saturated rings. The van der Waals surface area contributed by atoms with Crippen LogP contribution in [0.15, 0.2) is 157 Å². The number of fused-ring (bicyclic) bond motifs is 1. The first kappa shape index (κ1) is 29.6. The standard InChI is InChI=1S/C40H32IN5/c41-43-26-33(25-42)27-15-17-28(18-16-27)34-23-24-35(37-14-8-7-13-36(34)37)29-19-21-32(22-20-29)40-45-38(30-9-3-1-4-10-30)44-39(46-40)31-11-5-2-6-12-31/h1-26,38,40,42-43,45H,(H,44,46)/b33-26+,42-25?. The van der Waals surface area contributed by atoms with Crippen LogP contribution in [0.2, 0.25) is 0 Å². The summed E-state index contributed by atoms with van der Waals surface area (Å²) in [5.41, 5.74) is 9.86. The van der Waals surface area contributed by atoms with E-state index in [0.717, 1.165) is 44.8 Å². The van der Waals surface area contributed by atoms with Crippen molar-refractivity contribution in [2.75, 3.05) is 0 Å². The second-order valence-corrected chi connectivity index (χ2v) is 11.8. The lowest BCUT2D eigenvalue weighted by Gasteiger charge is -2.32. The molecule has 7 rings (SSSR count). The van der Waals surface area contributed by atoms with Crippen LogP contribution < -0.4 is 14.2 Å². The minimum Gasteiger partial charge on any atom is -0.350 e. The third-order valence-corrected chi connectivity index (χ3v) is 8.71. The van der Waals surface area contributed by atoms with Crippen molar-refractivity contribution in [1.29, 1.82) is 5.41 Å². The maximum absolute atomic E-state index is 7.74. The Kier molecular flexibility index (Phi) is 8.72. The predicted molar refractivity (Wildman–Crippen MR) is 200 cm³/mol. The van der Waals surface area contributed by atoms with Crippen molar-refractivity contribution in [2.24, 2.45) is 4.99 Å². The quantitative estimate of drug-likeness (QED) is 0.0723. The summed E-state index contributed by atoms with van der Waals surface area (Å²) in [4.78, 5) is 5.10. The fourth-order valence-corrected chi connectivity index (χ4v) is 6.38. The number of rotatable bonds is 8. The van der Waals surface area contributed by atoms with Crippen LogP contribution in [0.3, 0.4) is 0 Å². The maximum atomic E-state index is 7.74. The first-order valence-corrected chi connectivity index (χ1v) is 16.3. The number of benzene rings is 6. The minimum atomic E-state index is -0.200. The van der Waals surface area contributed by atoms with Crippen molar-refractivity contribution in [2.45, 2.75) is 12.3 Å². The highest BCUT2D eigenvalue weighted by Crippen LogP contribution is 2.37. The average molecular weight is 710 g/mol. The van der Waals surface area contributed by atoms with Gasteiger partial charge in [-0.15, -0.1) is 0 Å². The van der Waals surface area contributed by atoms with Gasteiger partial charge in [-0.05, 0) is 49.7 Å². The van der Waals surface area contributed by atoms with E-state index < -0.39 is 0 Å². The van der Waals surface area contributed by atoms with Gasteiger partial charge in [-0.3, -0.25) is 5.32 Å². The minimum absolute atomic E-state index is 0.0696. The number of hydrogen-bond donors (Lipinski definition) is 4. The van der Waals surface area contributed by atoms with Crippen LogP contribution in [-0.2, 0) is 0 Å².